The lowest BCUT2D eigenvalue weighted by atomic mass is 9.42. The third-order valence-electron chi connectivity index (χ3n) is 8.63. The zero-order valence-corrected chi connectivity index (χ0v) is 19.8. The second kappa shape index (κ2) is 8.32. The molecule has 176 valence electrons. The molecule has 0 spiro atoms. The van der Waals surface area contributed by atoms with E-state index in [9.17, 15) is 14.4 Å². The predicted octanol–water partition coefficient (Wildman–Crippen LogP) is 3.78. The molecule has 1 aromatic heterocycles. The molecule has 7 unspecified atom stereocenters. The number of ether oxygens (including phenoxy) is 2. The summed E-state index contributed by atoms with van der Waals surface area (Å²) in [6.07, 6.45) is 5.86. The number of likely N-dealkylation sites (N-methyl/N-ethyl adjacent to an activating group) is 1. The van der Waals surface area contributed by atoms with E-state index in [1.807, 2.05) is 7.05 Å². The Hall–Kier alpha value is -2.15. The van der Waals surface area contributed by atoms with Gasteiger partial charge in [0, 0.05) is 11.5 Å². The van der Waals surface area contributed by atoms with Gasteiger partial charge in [0.15, 0.2) is 5.78 Å². The number of fused-ring (bicyclic) bond motifs is 3. The molecule has 0 bridgehead atoms. The quantitative estimate of drug-likeness (QED) is 0.638. The minimum atomic E-state index is -0.612. The van der Waals surface area contributed by atoms with Crippen LogP contribution < -0.4 is 0 Å². The number of furan rings is 1. The Labute approximate surface area is 189 Å². The van der Waals surface area contributed by atoms with Crippen LogP contribution in [0.15, 0.2) is 23.0 Å². The second-order valence-corrected chi connectivity index (χ2v) is 10.4. The van der Waals surface area contributed by atoms with Crippen LogP contribution in [-0.2, 0) is 23.9 Å². The van der Waals surface area contributed by atoms with Crippen LogP contribution in [0.4, 0.5) is 0 Å². The van der Waals surface area contributed by atoms with Gasteiger partial charge in [0.05, 0.1) is 37.5 Å². The van der Waals surface area contributed by atoms with Gasteiger partial charge in [0.25, 0.3) is 0 Å². The molecule has 7 nitrogen and oxygen atoms in total. The van der Waals surface area contributed by atoms with Crippen molar-refractivity contribution >= 4 is 17.7 Å². The van der Waals surface area contributed by atoms with E-state index in [-0.39, 0.29) is 35.6 Å². The van der Waals surface area contributed by atoms with Gasteiger partial charge in [-0.15, -0.1) is 0 Å². The summed E-state index contributed by atoms with van der Waals surface area (Å²) in [5, 5.41) is 0. The van der Waals surface area contributed by atoms with Crippen LogP contribution in [0.2, 0.25) is 0 Å². The van der Waals surface area contributed by atoms with E-state index in [2.05, 4.69) is 25.7 Å². The summed E-state index contributed by atoms with van der Waals surface area (Å²) in [5.74, 6) is -1.54. The van der Waals surface area contributed by atoms with Crippen molar-refractivity contribution in [3.63, 3.8) is 0 Å². The van der Waals surface area contributed by atoms with Gasteiger partial charge in [-0.05, 0) is 62.6 Å². The second-order valence-electron chi connectivity index (χ2n) is 10.4. The number of ketones is 1. The van der Waals surface area contributed by atoms with E-state index in [0.717, 1.165) is 18.5 Å². The number of nitrogens with zero attached hydrogens (tertiary/aromatic N) is 1. The van der Waals surface area contributed by atoms with Gasteiger partial charge in [-0.1, -0.05) is 20.8 Å². The van der Waals surface area contributed by atoms with E-state index in [1.165, 1.54) is 7.11 Å². The number of hydrogen-bond acceptors (Lipinski definition) is 7. The maximum absolute atomic E-state index is 14.1. The normalized spacial score (nSPS) is 39.2. The Morgan fingerprint density at radius 2 is 2.03 bits per heavy atom. The fourth-order valence-electron chi connectivity index (χ4n) is 7.08. The summed E-state index contributed by atoms with van der Waals surface area (Å²) in [6, 6.07) is 1.44. The molecule has 7 atom stereocenters. The van der Waals surface area contributed by atoms with Gasteiger partial charge in [0.1, 0.15) is 6.10 Å². The summed E-state index contributed by atoms with van der Waals surface area (Å²) < 4.78 is 16.3. The molecule has 4 rings (SSSR count). The van der Waals surface area contributed by atoms with Crippen molar-refractivity contribution < 1.29 is 28.3 Å². The lowest BCUT2D eigenvalue weighted by Crippen LogP contribution is -2.66. The first-order valence-corrected chi connectivity index (χ1v) is 11.7. The molecule has 3 aliphatic rings. The van der Waals surface area contributed by atoms with E-state index >= 15 is 0 Å². The molecule has 2 saturated carbocycles. The molecule has 1 aromatic rings. The molecule has 7 heteroatoms. The highest BCUT2D eigenvalue weighted by atomic mass is 16.5. The largest absolute Gasteiger partial charge is 0.472 e. The van der Waals surface area contributed by atoms with Crippen LogP contribution in [0.1, 0.15) is 64.5 Å². The lowest BCUT2D eigenvalue weighted by Gasteiger charge is -2.61. The Balaban J connectivity index is 1.79. The summed E-state index contributed by atoms with van der Waals surface area (Å²) in [4.78, 5) is 42.3. The van der Waals surface area contributed by atoms with Crippen molar-refractivity contribution in [1.82, 2.24) is 4.90 Å². The topological polar surface area (TPSA) is 86.1 Å². The zero-order valence-electron chi connectivity index (χ0n) is 19.8. The Morgan fingerprint density at radius 1 is 1.28 bits per heavy atom. The molecule has 3 fully saturated rings. The van der Waals surface area contributed by atoms with Gasteiger partial charge in [0.2, 0.25) is 0 Å². The number of hydrogen-bond donors (Lipinski definition) is 0. The molecule has 2 aliphatic carbocycles. The molecule has 0 aromatic carbocycles. The number of methoxy groups -OCH3 is 1. The smallest absolute Gasteiger partial charge is 0.310 e. The third-order valence-corrected chi connectivity index (χ3v) is 8.63. The van der Waals surface area contributed by atoms with Crippen molar-refractivity contribution in [1.29, 1.82) is 0 Å². The maximum atomic E-state index is 14.1. The average molecular weight is 446 g/mol. The number of cyclic esters (lactones) is 1. The number of rotatable bonds is 5. The highest BCUT2D eigenvalue weighted by Gasteiger charge is 2.67. The van der Waals surface area contributed by atoms with Crippen LogP contribution in [0.25, 0.3) is 0 Å². The average Bonchev–Trinajstić information content (AvgIpc) is 3.27. The first-order valence-electron chi connectivity index (χ1n) is 11.7. The van der Waals surface area contributed by atoms with Gasteiger partial charge in [-0.25, -0.2) is 0 Å². The fraction of sp³-hybridized carbons (Fsp3) is 0.720. The summed E-state index contributed by atoms with van der Waals surface area (Å²) >= 11 is 0. The standard InChI is InChI=1S/C25H35NO6/c1-6-10-26(4)18-12-17(22(28)30-5)24(2)9-7-16-23(29)32-19(15-8-11-31-14-15)13-25(16,3)21(24)20(18)27/h8,11,14,16-19,21H,6-7,9-10,12-13H2,1-5H3. The third kappa shape index (κ3) is 3.40. The first-order chi connectivity index (χ1) is 15.2. The van der Waals surface area contributed by atoms with Crippen molar-refractivity contribution in [3.05, 3.63) is 24.2 Å². The summed E-state index contributed by atoms with van der Waals surface area (Å²) in [7, 11) is 3.37. The Kier molecular flexibility index (Phi) is 5.99. The van der Waals surface area contributed by atoms with Gasteiger partial charge in [-0.3, -0.25) is 19.3 Å². The van der Waals surface area contributed by atoms with Crippen molar-refractivity contribution in [3.8, 4) is 0 Å². The molecular formula is C25H35NO6. The first kappa shape index (κ1) is 23.0. The van der Waals surface area contributed by atoms with Crippen LogP contribution >= 0.6 is 0 Å². The van der Waals surface area contributed by atoms with E-state index in [1.54, 1.807) is 18.6 Å². The SMILES string of the molecule is CCCN(C)C1CC(C(=O)OC)C2(C)CCC3C(=O)OC(c4ccoc4)CC3(C)C2C1=O. The Bertz CT molecular complexity index is 881. The molecule has 0 radical (unpaired) electrons. The number of carbonyl (C=O) groups excluding carboxylic acids is 3. The van der Waals surface area contributed by atoms with Gasteiger partial charge in [-0.2, -0.15) is 0 Å². The molecule has 1 saturated heterocycles. The lowest BCUT2D eigenvalue weighted by molar-refractivity contribution is -0.205. The zero-order chi connectivity index (χ0) is 23.3. The minimum absolute atomic E-state index is 0.149. The predicted molar refractivity (Wildman–Crippen MR) is 116 cm³/mol. The molecule has 0 amide bonds. The molecule has 0 N–H and O–H groups in total. The summed E-state index contributed by atoms with van der Waals surface area (Å²) in [5.41, 5.74) is -0.366. The van der Waals surface area contributed by atoms with Crippen molar-refractivity contribution in [2.45, 2.75) is 65.0 Å². The fourth-order valence-corrected chi connectivity index (χ4v) is 7.08. The summed E-state index contributed by atoms with van der Waals surface area (Å²) in [6.45, 7) is 6.97. The number of Topliss-reactive ketones (excluding diaryl/α,β-unsaturated/α-hetero) is 1. The monoisotopic (exact) mass is 445 g/mol. The maximum Gasteiger partial charge on any atom is 0.310 e. The minimum Gasteiger partial charge on any atom is -0.472 e. The molecule has 32 heavy (non-hydrogen) atoms. The molecule has 1 aliphatic heterocycles. The van der Waals surface area contributed by atoms with Gasteiger partial charge >= 0.3 is 11.9 Å². The highest BCUT2D eigenvalue weighted by Crippen LogP contribution is 2.65. The van der Waals surface area contributed by atoms with E-state index in [4.69, 9.17) is 13.9 Å². The number of carbonyl (C=O) groups is 3. The van der Waals surface area contributed by atoms with Crippen LogP contribution in [-0.4, -0.2) is 49.4 Å². The van der Waals surface area contributed by atoms with Gasteiger partial charge < -0.3 is 13.9 Å². The van der Waals surface area contributed by atoms with Crippen LogP contribution in [0, 0.1) is 28.6 Å². The van der Waals surface area contributed by atoms with E-state index in [0.29, 0.717) is 25.7 Å². The highest BCUT2D eigenvalue weighted by molar-refractivity contribution is 5.92. The molecular weight excluding hydrogens is 410 g/mol. The van der Waals surface area contributed by atoms with Crippen molar-refractivity contribution in [2.24, 2.45) is 28.6 Å². The molecule has 2 heterocycles. The van der Waals surface area contributed by atoms with Crippen LogP contribution in [0.3, 0.4) is 0 Å². The van der Waals surface area contributed by atoms with E-state index < -0.39 is 22.9 Å². The van der Waals surface area contributed by atoms with Crippen LogP contribution in [0.5, 0.6) is 0 Å². The Morgan fingerprint density at radius 3 is 2.66 bits per heavy atom. The van der Waals surface area contributed by atoms with Crippen molar-refractivity contribution in [2.75, 3.05) is 20.7 Å². The number of esters is 2.